The Balaban J connectivity index is 2.02. The third-order valence-electron chi connectivity index (χ3n) is 3.66. The number of amides is 1. The van der Waals surface area contributed by atoms with Crippen molar-refractivity contribution in [1.82, 2.24) is 4.90 Å². The van der Waals surface area contributed by atoms with Gasteiger partial charge >= 0.3 is 0 Å². The summed E-state index contributed by atoms with van der Waals surface area (Å²) in [6.45, 7) is 6.77. The molecule has 0 spiro atoms. The van der Waals surface area contributed by atoms with Crippen molar-refractivity contribution in [3.05, 3.63) is 29.3 Å². The van der Waals surface area contributed by atoms with Gasteiger partial charge < -0.3 is 15.4 Å². The zero-order valence-electron chi connectivity index (χ0n) is 12.6. The SMILES string of the molecule is CCN(C(=O)COc1cc(C)ccc1C(C)N)C1CC1. The molecule has 4 nitrogen and oxygen atoms in total. The molecule has 1 aromatic carbocycles. The molecule has 1 fully saturated rings. The first-order valence-corrected chi connectivity index (χ1v) is 7.31. The number of nitrogens with zero attached hydrogens (tertiary/aromatic N) is 1. The van der Waals surface area contributed by atoms with Gasteiger partial charge in [0.2, 0.25) is 0 Å². The maximum atomic E-state index is 12.2. The summed E-state index contributed by atoms with van der Waals surface area (Å²) >= 11 is 0. The zero-order chi connectivity index (χ0) is 14.7. The molecular weight excluding hydrogens is 252 g/mol. The first kappa shape index (κ1) is 14.9. The number of benzene rings is 1. The summed E-state index contributed by atoms with van der Waals surface area (Å²) in [6.07, 6.45) is 2.24. The number of aryl methyl sites for hydroxylation is 1. The van der Waals surface area contributed by atoms with Crippen molar-refractivity contribution in [3.63, 3.8) is 0 Å². The summed E-state index contributed by atoms with van der Waals surface area (Å²) in [5.41, 5.74) is 7.99. The van der Waals surface area contributed by atoms with Crippen LogP contribution in [0.2, 0.25) is 0 Å². The Morgan fingerprint density at radius 1 is 1.50 bits per heavy atom. The van der Waals surface area contributed by atoms with E-state index in [-0.39, 0.29) is 18.6 Å². The summed E-state index contributed by atoms with van der Waals surface area (Å²) in [4.78, 5) is 14.1. The maximum absolute atomic E-state index is 12.2. The van der Waals surface area contributed by atoms with Crippen LogP contribution in [0.4, 0.5) is 0 Å². The Morgan fingerprint density at radius 3 is 2.75 bits per heavy atom. The van der Waals surface area contributed by atoms with Crippen LogP contribution >= 0.6 is 0 Å². The van der Waals surface area contributed by atoms with Crippen LogP contribution in [0.25, 0.3) is 0 Å². The van der Waals surface area contributed by atoms with Crippen LogP contribution in [0.5, 0.6) is 5.75 Å². The third-order valence-corrected chi connectivity index (χ3v) is 3.66. The van der Waals surface area contributed by atoms with Gasteiger partial charge in [-0.1, -0.05) is 12.1 Å². The van der Waals surface area contributed by atoms with Crippen LogP contribution in [0.1, 0.15) is 43.9 Å². The molecule has 1 atom stereocenters. The molecule has 0 bridgehead atoms. The van der Waals surface area contributed by atoms with Gasteiger partial charge in [-0.05, 0) is 45.2 Å². The minimum atomic E-state index is -0.105. The molecule has 0 aromatic heterocycles. The van der Waals surface area contributed by atoms with Crippen molar-refractivity contribution in [3.8, 4) is 5.75 Å². The molecule has 1 aliphatic carbocycles. The molecule has 1 saturated carbocycles. The number of likely N-dealkylation sites (N-methyl/N-ethyl adjacent to an activating group) is 1. The van der Waals surface area contributed by atoms with E-state index >= 15 is 0 Å². The van der Waals surface area contributed by atoms with Crippen molar-refractivity contribution in [2.75, 3.05) is 13.2 Å². The Bertz CT molecular complexity index is 481. The molecule has 1 amide bonds. The van der Waals surface area contributed by atoms with E-state index < -0.39 is 0 Å². The number of hydrogen-bond donors (Lipinski definition) is 1. The van der Waals surface area contributed by atoms with Crippen LogP contribution in [-0.4, -0.2) is 30.0 Å². The predicted octanol–water partition coefficient (Wildman–Crippen LogP) is 2.40. The Hall–Kier alpha value is -1.55. The van der Waals surface area contributed by atoms with Crippen molar-refractivity contribution < 1.29 is 9.53 Å². The van der Waals surface area contributed by atoms with E-state index in [1.807, 2.05) is 43.9 Å². The van der Waals surface area contributed by atoms with E-state index in [1.54, 1.807) is 0 Å². The Morgan fingerprint density at radius 2 is 2.20 bits per heavy atom. The van der Waals surface area contributed by atoms with Crippen molar-refractivity contribution in [2.24, 2.45) is 5.73 Å². The average Bonchev–Trinajstić information content (AvgIpc) is 3.21. The number of nitrogens with two attached hydrogens (primary N) is 1. The Labute approximate surface area is 120 Å². The summed E-state index contributed by atoms with van der Waals surface area (Å²) in [6, 6.07) is 6.25. The summed E-state index contributed by atoms with van der Waals surface area (Å²) < 4.78 is 5.73. The lowest BCUT2D eigenvalue weighted by atomic mass is 10.1. The Kier molecular flexibility index (Phi) is 4.65. The number of carbonyl (C=O) groups is 1. The first-order chi connectivity index (χ1) is 9.52. The predicted molar refractivity (Wildman–Crippen MR) is 79.7 cm³/mol. The number of hydrogen-bond acceptors (Lipinski definition) is 3. The van der Waals surface area contributed by atoms with Gasteiger partial charge in [-0.3, -0.25) is 4.79 Å². The second-order valence-corrected chi connectivity index (χ2v) is 5.53. The smallest absolute Gasteiger partial charge is 0.260 e. The largest absolute Gasteiger partial charge is 0.483 e. The highest BCUT2D eigenvalue weighted by Crippen LogP contribution is 2.28. The van der Waals surface area contributed by atoms with Crippen LogP contribution in [0.15, 0.2) is 18.2 Å². The van der Waals surface area contributed by atoms with Gasteiger partial charge in [0.05, 0.1) is 0 Å². The minimum absolute atomic E-state index is 0.0622. The fourth-order valence-electron chi connectivity index (χ4n) is 2.39. The highest BCUT2D eigenvalue weighted by Gasteiger charge is 2.31. The molecular formula is C16H24N2O2. The molecule has 2 rings (SSSR count). The molecule has 20 heavy (non-hydrogen) atoms. The van der Waals surface area contributed by atoms with Gasteiger partial charge in [0.15, 0.2) is 6.61 Å². The van der Waals surface area contributed by atoms with E-state index in [0.29, 0.717) is 6.04 Å². The number of ether oxygens (including phenoxy) is 1. The van der Waals surface area contributed by atoms with Gasteiger partial charge in [-0.2, -0.15) is 0 Å². The lowest BCUT2D eigenvalue weighted by Gasteiger charge is -2.21. The van der Waals surface area contributed by atoms with Crippen molar-refractivity contribution >= 4 is 5.91 Å². The van der Waals surface area contributed by atoms with Crippen molar-refractivity contribution in [2.45, 2.75) is 45.7 Å². The molecule has 110 valence electrons. The van der Waals surface area contributed by atoms with Gasteiger partial charge in [-0.25, -0.2) is 0 Å². The quantitative estimate of drug-likeness (QED) is 0.868. The van der Waals surface area contributed by atoms with E-state index in [1.165, 1.54) is 0 Å². The van der Waals surface area contributed by atoms with Gasteiger partial charge in [0.1, 0.15) is 5.75 Å². The van der Waals surface area contributed by atoms with E-state index in [2.05, 4.69) is 0 Å². The van der Waals surface area contributed by atoms with E-state index in [9.17, 15) is 4.79 Å². The molecule has 1 unspecified atom stereocenters. The summed E-state index contributed by atoms with van der Waals surface area (Å²) in [7, 11) is 0. The van der Waals surface area contributed by atoms with Crippen LogP contribution in [0, 0.1) is 6.92 Å². The van der Waals surface area contributed by atoms with E-state index in [4.69, 9.17) is 10.5 Å². The normalized spacial score (nSPS) is 15.8. The first-order valence-electron chi connectivity index (χ1n) is 7.31. The number of rotatable bonds is 6. The molecule has 0 aliphatic heterocycles. The molecule has 1 aromatic rings. The monoisotopic (exact) mass is 276 g/mol. The average molecular weight is 276 g/mol. The lowest BCUT2D eigenvalue weighted by molar-refractivity contribution is -0.133. The second-order valence-electron chi connectivity index (χ2n) is 5.53. The van der Waals surface area contributed by atoms with Crippen molar-refractivity contribution in [1.29, 1.82) is 0 Å². The van der Waals surface area contributed by atoms with Crippen LogP contribution in [-0.2, 0) is 4.79 Å². The number of carbonyl (C=O) groups excluding carboxylic acids is 1. The van der Waals surface area contributed by atoms with Gasteiger partial charge in [0.25, 0.3) is 5.91 Å². The molecule has 0 radical (unpaired) electrons. The molecule has 1 aliphatic rings. The van der Waals surface area contributed by atoms with Gasteiger partial charge in [0, 0.05) is 24.2 Å². The highest BCUT2D eigenvalue weighted by atomic mass is 16.5. The topological polar surface area (TPSA) is 55.6 Å². The fourth-order valence-corrected chi connectivity index (χ4v) is 2.39. The minimum Gasteiger partial charge on any atom is -0.483 e. The van der Waals surface area contributed by atoms with Crippen LogP contribution < -0.4 is 10.5 Å². The standard InChI is InChI=1S/C16H24N2O2/c1-4-18(13-6-7-13)16(19)10-20-15-9-11(2)5-8-14(15)12(3)17/h5,8-9,12-13H,4,6-7,10,17H2,1-3H3. The van der Waals surface area contributed by atoms with Crippen LogP contribution in [0.3, 0.4) is 0 Å². The zero-order valence-corrected chi connectivity index (χ0v) is 12.6. The molecule has 2 N–H and O–H groups in total. The fraction of sp³-hybridized carbons (Fsp3) is 0.562. The molecule has 0 heterocycles. The maximum Gasteiger partial charge on any atom is 0.260 e. The molecule has 0 saturated heterocycles. The summed E-state index contributed by atoms with van der Waals surface area (Å²) in [5, 5.41) is 0. The van der Waals surface area contributed by atoms with E-state index in [0.717, 1.165) is 36.3 Å². The second kappa shape index (κ2) is 6.27. The summed E-state index contributed by atoms with van der Waals surface area (Å²) in [5.74, 6) is 0.785. The van der Waals surface area contributed by atoms with Gasteiger partial charge in [-0.15, -0.1) is 0 Å². The lowest BCUT2D eigenvalue weighted by Crippen LogP contribution is -2.36. The molecule has 4 heteroatoms. The third kappa shape index (κ3) is 3.51. The highest BCUT2D eigenvalue weighted by molar-refractivity contribution is 5.78.